The van der Waals surface area contributed by atoms with Crippen molar-refractivity contribution >= 4 is 23.7 Å². The third kappa shape index (κ3) is 10.2. The average Bonchev–Trinajstić information content (AvgIpc) is 2.80. The second-order valence-corrected chi connectivity index (χ2v) is 7.24. The van der Waals surface area contributed by atoms with E-state index in [1.54, 1.807) is 12.1 Å². The molecule has 0 aliphatic carbocycles. The van der Waals surface area contributed by atoms with Crippen molar-refractivity contribution in [3.63, 3.8) is 0 Å². The number of ether oxygens (including phenoxy) is 2. The molecule has 0 radical (unpaired) electrons. The van der Waals surface area contributed by atoms with E-state index in [0.29, 0.717) is 12.2 Å². The summed E-state index contributed by atoms with van der Waals surface area (Å²) < 4.78 is 10.7. The molecule has 6 N–H and O–H groups in total. The molecule has 0 saturated heterocycles. The first kappa shape index (κ1) is 25.2. The fourth-order valence-corrected chi connectivity index (χ4v) is 2.73. The van der Waals surface area contributed by atoms with Gasteiger partial charge in [-0.2, -0.15) is 5.10 Å². The van der Waals surface area contributed by atoms with Gasteiger partial charge in [-0.3, -0.25) is 0 Å². The van der Waals surface area contributed by atoms with E-state index in [2.05, 4.69) is 15.5 Å². The van der Waals surface area contributed by atoms with Crippen molar-refractivity contribution in [3.8, 4) is 5.75 Å². The van der Waals surface area contributed by atoms with Gasteiger partial charge in [0.2, 0.25) is 5.96 Å². The SMILES string of the molecule is CC(CCc1ccc(OCC[C@H](NC(=O)OCc2ccccc2)C(=O)O)cc1)=NN=C(N)N. The highest BCUT2D eigenvalue weighted by molar-refractivity contribution is 5.83. The van der Waals surface area contributed by atoms with Crippen LogP contribution in [0.3, 0.4) is 0 Å². The Morgan fingerprint density at radius 1 is 1.03 bits per heavy atom. The first-order valence-electron chi connectivity index (χ1n) is 10.4. The predicted molar refractivity (Wildman–Crippen MR) is 125 cm³/mol. The quantitative estimate of drug-likeness (QED) is 0.217. The van der Waals surface area contributed by atoms with Crippen molar-refractivity contribution in [2.24, 2.45) is 21.7 Å². The van der Waals surface area contributed by atoms with Gasteiger partial charge in [0.1, 0.15) is 18.4 Å². The molecule has 10 heteroatoms. The summed E-state index contributed by atoms with van der Waals surface area (Å²) in [5.41, 5.74) is 13.2. The number of nitrogens with one attached hydrogen (secondary N) is 1. The van der Waals surface area contributed by atoms with E-state index in [4.69, 9.17) is 20.9 Å². The smallest absolute Gasteiger partial charge is 0.408 e. The molecule has 0 aromatic heterocycles. The van der Waals surface area contributed by atoms with Crippen LogP contribution in [0.2, 0.25) is 0 Å². The van der Waals surface area contributed by atoms with E-state index in [1.165, 1.54) is 0 Å². The normalized spacial score (nSPS) is 11.8. The number of alkyl carbamates (subject to hydrolysis) is 1. The Balaban J connectivity index is 1.74. The lowest BCUT2D eigenvalue weighted by molar-refractivity contribution is -0.139. The third-order valence-electron chi connectivity index (χ3n) is 4.51. The molecule has 33 heavy (non-hydrogen) atoms. The lowest BCUT2D eigenvalue weighted by Crippen LogP contribution is -2.42. The molecule has 0 fully saturated rings. The summed E-state index contributed by atoms with van der Waals surface area (Å²) in [7, 11) is 0. The third-order valence-corrected chi connectivity index (χ3v) is 4.51. The predicted octanol–water partition coefficient (Wildman–Crippen LogP) is 2.42. The molecule has 0 aliphatic heterocycles. The minimum Gasteiger partial charge on any atom is -0.494 e. The number of hydrogen-bond donors (Lipinski definition) is 4. The van der Waals surface area contributed by atoms with Gasteiger partial charge >= 0.3 is 12.1 Å². The molecule has 0 heterocycles. The summed E-state index contributed by atoms with van der Waals surface area (Å²) in [5, 5.41) is 19.2. The number of carboxylic acid groups (broad SMARTS) is 1. The molecular weight excluding hydrogens is 426 g/mol. The molecule has 2 aromatic carbocycles. The minimum atomic E-state index is -1.16. The van der Waals surface area contributed by atoms with E-state index in [1.807, 2.05) is 49.4 Å². The number of guanidine groups is 1. The van der Waals surface area contributed by atoms with Crippen LogP contribution in [-0.4, -0.2) is 41.5 Å². The van der Waals surface area contributed by atoms with Crippen molar-refractivity contribution in [1.29, 1.82) is 0 Å². The standard InChI is InChI=1S/C23H29N5O5/c1-16(27-28-22(24)25)7-8-17-9-11-19(12-10-17)32-14-13-20(21(29)30)26-23(31)33-15-18-5-3-2-4-6-18/h2-6,9-12,20H,7-8,13-15H2,1H3,(H,26,31)(H,29,30)(H4,24,25,28)/t20-/m0/s1. The summed E-state index contributed by atoms with van der Waals surface area (Å²) in [5.74, 6) is -0.649. The van der Waals surface area contributed by atoms with Gasteiger partial charge in [0.15, 0.2) is 0 Å². The van der Waals surface area contributed by atoms with E-state index in [9.17, 15) is 14.7 Å². The zero-order chi connectivity index (χ0) is 24.1. The number of benzene rings is 2. The maximum Gasteiger partial charge on any atom is 0.408 e. The van der Waals surface area contributed by atoms with Crippen LogP contribution in [0.25, 0.3) is 0 Å². The molecule has 176 valence electrons. The Kier molecular flexibility index (Phi) is 10.2. The number of nitrogens with zero attached hydrogens (tertiary/aromatic N) is 2. The lowest BCUT2D eigenvalue weighted by Gasteiger charge is -2.15. The second kappa shape index (κ2) is 13.4. The zero-order valence-corrected chi connectivity index (χ0v) is 18.4. The Bertz CT molecular complexity index is 957. The Morgan fingerprint density at radius 2 is 1.73 bits per heavy atom. The molecule has 0 bridgehead atoms. The molecule has 0 aliphatic rings. The Hall–Kier alpha value is -4.08. The number of rotatable bonds is 12. The zero-order valence-electron chi connectivity index (χ0n) is 18.4. The van der Waals surface area contributed by atoms with Gasteiger partial charge in [-0.25, -0.2) is 9.59 Å². The minimum absolute atomic E-state index is 0.0571. The van der Waals surface area contributed by atoms with Crippen LogP contribution in [0.15, 0.2) is 64.8 Å². The van der Waals surface area contributed by atoms with Gasteiger partial charge < -0.3 is 31.4 Å². The summed E-state index contributed by atoms with van der Waals surface area (Å²) in [4.78, 5) is 23.4. The van der Waals surface area contributed by atoms with E-state index < -0.39 is 18.1 Å². The maximum absolute atomic E-state index is 11.9. The highest BCUT2D eigenvalue weighted by Crippen LogP contribution is 2.14. The number of carboxylic acids is 1. The first-order chi connectivity index (χ1) is 15.8. The lowest BCUT2D eigenvalue weighted by atomic mass is 10.1. The molecule has 0 unspecified atom stereocenters. The van der Waals surface area contributed by atoms with Gasteiger partial charge in [0.25, 0.3) is 0 Å². The van der Waals surface area contributed by atoms with Crippen LogP contribution in [-0.2, 0) is 22.6 Å². The number of carbonyl (C=O) groups excluding carboxylic acids is 1. The van der Waals surface area contributed by atoms with Gasteiger partial charge in [-0.1, -0.05) is 42.5 Å². The first-order valence-corrected chi connectivity index (χ1v) is 10.4. The van der Waals surface area contributed by atoms with Crippen molar-refractivity contribution in [1.82, 2.24) is 5.32 Å². The fourth-order valence-electron chi connectivity index (χ4n) is 2.73. The second-order valence-electron chi connectivity index (χ2n) is 7.24. The Labute approximate surface area is 192 Å². The molecule has 0 saturated carbocycles. The summed E-state index contributed by atoms with van der Waals surface area (Å²) in [6, 6.07) is 15.4. The van der Waals surface area contributed by atoms with Crippen molar-refractivity contribution < 1.29 is 24.2 Å². The van der Waals surface area contributed by atoms with Crippen LogP contribution in [0.5, 0.6) is 5.75 Å². The van der Waals surface area contributed by atoms with Gasteiger partial charge in [0, 0.05) is 12.1 Å². The average molecular weight is 456 g/mol. The number of carbonyl (C=O) groups is 2. The van der Waals surface area contributed by atoms with Crippen LogP contribution >= 0.6 is 0 Å². The van der Waals surface area contributed by atoms with E-state index >= 15 is 0 Å². The molecule has 1 atom stereocenters. The topological polar surface area (TPSA) is 162 Å². The summed E-state index contributed by atoms with van der Waals surface area (Å²) in [6.07, 6.45) is 0.738. The fraction of sp³-hybridized carbons (Fsp3) is 0.304. The van der Waals surface area contributed by atoms with E-state index in [0.717, 1.165) is 23.3 Å². The largest absolute Gasteiger partial charge is 0.494 e. The van der Waals surface area contributed by atoms with Gasteiger partial charge in [-0.05, 0) is 43.0 Å². The van der Waals surface area contributed by atoms with Gasteiger partial charge in [-0.15, -0.1) is 5.10 Å². The molecular formula is C23H29N5O5. The summed E-state index contributed by atoms with van der Waals surface area (Å²) in [6.45, 7) is 2.01. The van der Waals surface area contributed by atoms with E-state index in [-0.39, 0.29) is 25.6 Å². The van der Waals surface area contributed by atoms with Crippen LogP contribution in [0.1, 0.15) is 30.9 Å². The molecule has 0 spiro atoms. The number of nitrogens with two attached hydrogens (primary N) is 2. The Morgan fingerprint density at radius 3 is 2.36 bits per heavy atom. The monoisotopic (exact) mass is 455 g/mol. The highest BCUT2D eigenvalue weighted by atomic mass is 16.5. The van der Waals surface area contributed by atoms with Gasteiger partial charge in [0.05, 0.1) is 6.61 Å². The van der Waals surface area contributed by atoms with Crippen molar-refractivity contribution in [3.05, 3.63) is 65.7 Å². The van der Waals surface area contributed by atoms with Crippen LogP contribution in [0.4, 0.5) is 4.79 Å². The number of aryl methyl sites for hydroxylation is 1. The summed E-state index contributed by atoms with van der Waals surface area (Å²) >= 11 is 0. The maximum atomic E-state index is 11.9. The van der Waals surface area contributed by atoms with Crippen LogP contribution < -0.4 is 21.5 Å². The molecule has 2 rings (SSSR count). The molecule has 1 amide bonds. The van der Waals surface area contributed by atoms with Crippen LogP contribution in [0, 0.1) is 0 Å². The number of hydrogen-bond acceptors (Lipinski definition) is 6. The molecule has 2 aromatic rings. The number of aliphatic carboxylic acids is 1. The number of amides is 1. The molecule has 10 nitrogen and oxygen atoms in total. The van der Waals surface area contributed by atoms with Crippen molar-refractivity contribution in [2.45, 2.75) is 38.8 Å². The highest BCUT2D eigenvalue weighted by Gasteiger charge is 2.20. The van der Waals surface area contributed by atoms with Crippen molar-refractivity contribution in [2.75, 3.05) is 6.61 Å².